The molecule has 1 N–H and O–H groups in total. The van der Waals surface area contributed by atoms with Crippen LogP contribution in [0.2, 0.25) is 0 Å². The zero-order valence-corrected chi connectivity index (χ0v) is 13.6. The fourth-order valence-corrected chi connectivity index (χ4v) is 3.39. The molecule has 2 aliphatic heterocycles. The molecule has 4 heteroatoms. The van der Waals surface area contributed by atoms with Gasteiger partial charge in [0.15, 0.2) is 0 Å². The molecule has 2 heterocycles. The molecule has 19 heavy (non-hydrogen) atoms. The molecular formula is C15H22IN3. The molecule has 3 rings (SSSR count). The van der Waals surface area contributed by atoms with Crippen molar-refractivity contribution in [1.82, 2.24) is 15.1 Å². The van der Waals surface area contributed by atoms with E-state index in [0.29, 0.717) is 6.04 Å². The Morgan fingerprint density at radius 3 is 2.42 bits per heavy atom. The lowest BCUT2D eigenvalue weighted by Gasteiger charge is -2.49. The van der Waals surface area contributed by atoms with E-state index in [0.717, 1.165) is 19.1 Å². The third-order valence-electron chi connectivity index (χ3n) is 4.46. The molecule has 0 aromatic heterocycles. The number of piperazine rings is 1. The summed E-state index contributed by atoms with van der Waals surface area (Å²) in [6.07, 6.45) is 0. The Hall–Kier alpha value is -0.170. The fourth-order valence-electron chi connectivity index (χ4n) is 3.03. The van der Waals surface area contributed by atoms with Gasteiger partial charge in [0.2, 0.25) is 0 Å². The third kappa shape index (κ3) is 3.12. The number of nitrogens with one attached hydrogen (secondary N) is 1. The van der Waals surface area contributed by atoms with E-state index in [4.69, 9.17) is 0 Å². The second kappa shape index (κ2) is 6.08. The molecule has 1 aromatic carbocycles. The molecule has 0 saturated carbocycles. The fraction of sp³-hybridized carbons (Fsp3) is 0.600. The molecule has 0 radical (unpaired) electrons. The van der Waals surface area contributed by atoms with E-state index in [2.05, 4.69) is 68.9 Å². The first-order chi connectivity index (χ1) is 9.24. The molecule has 2 aliphatic rings. The van der Waals surface area contributed by atoms with Crippen molar-refractivity contribution in [2.75, 3.05) is 39.3 Å². The lowest BCUT2D eigenvalue weighted by molar-refractivity contribution is 0.00347. The van der Waals surface area contributed by atoms with E-state index in [1.165, 1.54) is 35.3 Å². The van der Waals surface area contributed by atoms with Crippen LogP contribution in [0.15, 0.2) is 24.3 Å². The highest BCUT2D eigenvalue weighted by molar-refractivity contribution is 14.1. The van der Waals surface area contributed by atoms with Gasteiger partial charge in [-0.25, -0.2) is 0 Å². The van der Waals surface area contributed by atoms with Crippen LogP contribution in [0, 0.1) is 3.57 Å². The lowest BCUT2D eigenvalue weighted by atomic mass is 9.99. The molecule has 1 atom stereocenters. The molecule has 2 fully saturated rings. The minimum absolute atomic E-state index is 0.552. The predicted octanol–water partition coefficient (Wildman–Crippen LogP) is 1.94. The van der Waals surface area contributed by atoms with Crippen LogP contribution >= 0.6 is 22.6 Å². The van der Waals surface area contributed by atoms with Crippen molar-refractivity contribution in [3.8, 4) is 0 Å². The van der Waals surface area contributed by atoms with E-state index >= 15 is 0 Å². The van der Waals surface area contributed by atoms with E-state index in [-0.39, 0.29) is 0 Å². The van der Waals surface area contributed by atoms with Crippen LogP contribution in [0.5, 0.6) is 0 Å². The molecule has 1 aromatic rings. The summed E-state index contributed by atoms with van der Waals surface area (Å²) in [5.74, 6) is 0. The Morgan fingerprint density at radius 2 is 1.79 bits per heavy atom. The van der Waals surface area contributed by atoms with E-state index < -0.39 is 0 Å². The SMILES string of the molecule is CC(c1ccc(I)cc1)N1CC(N2CCNCC2)C1. The van der Waals surface area contributed by atoms with Crippen molar-refractivity contribution in [3.05, 3.63) is 33.4 Å². The molecule has 1 unspecified atom stereocenters. The van der Waals surface area contributed by atoms with Crippen LogP contribution in [0.4, 0.5) is 0 Å². The van der Waals surface area contributed by atoms with Gasteiger partial charge in [0, 0.05) is 54.9 Å². The highest BCUT2D eigenvalue weighted by Gasteiger charge is 2.34. The maximum atomic E-state index is 3.43. The lowest BCUT2D eigenvalue weighted by Crippen LogP contribution is -2.62. The maximum absolute atomic E-state index is 3.43. The zero-order chi connectivity index (χ0) is 13.2. The average Bonchev–Trinajstić information content (AvgIpc) is 2.39. The van der Waals surface area contributed by atoms with Gasteiger partial charge in [0.05, 0.1) is 0 Å². The van der Waals surface area contributed by atoms with Crippen LogP contribution in [0.3, 0.4) is 0 Å². The maximum Gasteiger partial charge on any atom is 0.0351 e. The van der Waals surface area contributed by atoms with Crippen molar-refractivity contribution in [1.29, 1.82) is 0 Å². The van der Waals surface area contributed by atoms with Crippen molar-refractivity contribution < 1.29 is 0 Å². The standard InChI is InChI=1S/C15H22IN3/c1-12(13-2-4-14(16)5-3-13)19-10-15(11-19)18-8-6-17-7-9-18/h2-5,12,15,17H,6-11H2,1H3. The van der Waals surface area contributed by atoms with Crippen molar-refractivity contribution in [2.45, 2.75) is 19.0 Å². The Labute approximate surface area is 129 Å². The summed E-state index contributed by atoms with van der Waals surface area (Å²) in [7, 11) is 0. The van der Waals surface area contributed by atoms with E-state index in [1.807, 2.05) is 0 Å². The number of benzene rings is 1. The summed E-state index contributed by atoms with van der Waals surface area (Å²) < 4.78 is 1.32. The second-order valence-corrected chi connectivity index (χ2v) is 6.87. The van der Waals surface area contributed by atoms with Gasteiger partial charge in [-0.05, 0) is 47.2 Å². The van der Waals surface area contributed by atoms with E-state index in [1.54, 1.807) is 0 Å². The predicted molar refractivity (Wildman–Crippen MR) is 87.4 cm³/mol. The summed E-state index contributed by atoms with van der Waals surface area (Å²) in [5.41, 5.74) is 1.44. The second-order valence-electron chi connectivity index (χ2n) is 5.62. The highest BCUT2D eigenvalue weighted by Crippen LogP contribution is 2.28. The summed E-state index contributed by atoms with van der Waals surface area (Å²) in [5, 5.41) is 3.43. The Bertz CT molecular complexity index is 408. The first-order valence-corrected chi connectivity index (χ1v) is 8.26. The number of hydrogen-bond donors (Lipinski definition) is 1. The molecule has 104 valence electrons. The smallest absolute Gasteiger partial charge is 0.0351 e. The summed E-state index contributed by atoms with van der Waals surface area (Å²) >= 11 is 2.37. The van der Waals surface area contributed by atoms with Gasteiger partial charge >= 0.3 is 0 Å². The van der Waals surface area contributed by atoms with Crippen LogP contribution in [-0.2, 0) is 0 Å². The monoisotopic (exact) mass is 371 g/mol. The van der Waals surface area contributed by atoms with Crippen LogP contribution in [0.1, 0.15) is 18.5 Å². The summed E-state index contributed by atoms with van der Waals surface area (Å²) in [4.78, 5) is 5.24. The Balaban J connectivity index is 1.53. The first kappa shape index (κ1) is 13.8. The Kier molecular flexibility index (Phi) is 4.41. The third-order valence-corrected chi connectivity index (χ3v) is 5.18. The first-order valence-electron chi connectivity index (χ1n) is 7.18. The molecule has 0 amide bonds. The van der Waals surface area contributed by atoms with Gasteiger partial charge in [-0.2, -0.15) is 0 Å². The zero-order valence-electron chi connectivity index (χ0n) is 11.5. The number of rotatable bonds is 3. The van der Waals surface area contributed by atoms with Crippen molar-refractivity contribution in [3.63, 3.8) is 0 Å². The number of halogens is 1. The van der Waals surface area contributed by atoms with Crippen LogP contribution in [-0.4, -0.2) is 55.1 Å². The van der Waals surface area contributed by atoms with Gasteiger partial charge in [-0.1, -0.05) is 12.1 Å². The topological polar surface area (TPSA) is 18.5 Å². The van der Waals surface area contributed by atoms with Gasteiger partial charge in [0.1, 0.15) is 0 Å². The molecule has 2 saturated heterocycles. The Morgan fingerprint density at radius 1 is 1.16 bits per heavy atom. The van der Waals surface area contributed by atoms with Crippen molar-refractivity contribution in [2.24, 2.45) is 0 Å². The number of hydrogen-bond acceptors (Lipinski definition) is 3. The van der Waals surface area contributed by atoms with Gasteiger partial charge in [0.25, 0.3) is 0 Å². The van der Waals surface area contributed by atoms with Gasteiger partial charge in [-0.15, -0.1) is 0 Å². The minimum Gasteiger partial charge on any atom is -0.314 e. The average molecular weight is 371 g/mol. The van der Waals surface area contributed by atoms with Gasteiger partial charge < -0.3 is 5.32 Å². The molecule has 0 aliphatic carbocycles. The van der Waals surface area contributed by atoms with Crippen LogP contribution < -0.4 is 5.32 Å². The molecular weight excluding hydrogens is 349 g/mol. The quantitative estimate of drug-likeness (QED) is 0.820. The highest BCUT2D eigenvalue weighted by atomic mass is 127. The van der Waals surface area contributed by atoms with E-state index in [9.17, 15) is 0 Å². The van der Waals surface area contributed by atoms with Crippen molar-refractivity contribution >= 4 is 22.6 Å². The van der Waals surface area contributed by atoms with Gasteiger partial charge in [-0.3, -0.25) is 9.80 Å². The number of nitrogens with zero attached hydrogens (tertiary/aromatic N) is 2. The minimum atomic E-state index is 0.552. The summed E-state index contributed by atoms with van der Waals surface area (Å²) in [6.45, 7) is 9.54. The number of likely N-dealkylation sites (tertiary alicyclic amines) is 1. The molecule has 3 nitrogen and oxygen atoms in total. The summed E-state index contributed by atoms with van der Waals surface area (Å²) in [6, 6.07) is 10.3. The molecule has 0 spiro atoms. The molecule has 0 bridgehead atoms. The largest absolute Gasteiger partial charge is 0.314 e. The van der Waals surface area contributed by atoms with Crippen LogP contribution in [0.25, 0.3) is 0 Å². The normalized spacial score (nSPS) is 24.1.